The van der Waals surface area contributed by atoms with Gasteiger partial charge in [0.1, 0.15) is 24.0 Å². The summed E-state index contributed by atoms with van der Waals surface area (Å²) in [4.78, 5) is 13.3. The van der Waals surface area contributed by atoms with Crippen LogP contribution in [0, 0.1) is 0 Å². The monoisotopic (exact) mass is 367 g/mol. The van der Waals surface area contributed by atoms with Crippen molar-refractivity contribution in [3.8, 4) is 0 Å². The number of nitrogens with zero attached hydrogens (tertiary/aromatic N) is 9. The van der Waals surface area contributed by atoms with Crippen molar-refractivity contribution in [2.24, 2.45) is 7.05 Å². The summed E-state index contributed by atoms with van der Waals surface area (Å²) >= 11 is 0. The maximum absolute atomic E-state index is 4.70. The van der Waals surface area contributed by atoms with E-state index in [0.717, 1.165) is 49.2 Å². The van der Waals surface area contributed by atoms with Gasteiger partial charge in [-0.3, -0.25) is 9.67 Å². The molecule has 0 aliphatic carbocycles. The first-order valence-electron chi connectivity index (χ1n) is 9.21. The molecule has 0 unspecified atom stereocenters. The zero-order valence-electron chi connectivity index (χ0n) is 16.0. The Morgan fingerprint density at radius 3 is 2.67 bits per heavy atom. The van der Waals surface area contributed by atoms with Crippen LogP contribution < -0.4 is 9.80 Å². The van der Waals surface area contributed by atoms with Crippen LogP contribution in [0.15, 0.2) is 30.9 Å². The molecule has 0 bridgehead atoms. The van der Waals surface area contributed by atoms with E-state index in [1.807, 2.05) is 49.2 Å². The van der Waals surface area contributed by atoms with Crippen molar-refractivity contribution in [3.05, 3.63) is 42.5 Å². The second kappa shape index (κ2) is 7.34. The van der Waals surface area contributed by atoms with Crippen LogP contribution in [0.5, 0.6) is 0 Å². The van der Waals surface area contributed by atoms with Gasteiger partial charge in [0.25, 0.3) is 0 Å². The second-order valence-corrected chi connectivity index (χ2v) is 7.13. The van der Waals surface area contributed by atoms with Gasteiger partial charge < -0.3 is 14.4 Å². The molecule has 27 heavy (non-hydrogen) atoms. The molecular weight excluding hydrogens is 342 g/mol. The lowest BCUT2D eigenvalue weighted by Gasteiger charge is -2.32. The van der Waals surface area contributed by atoms with E-state index >= 15 is 0 Å². The lowest BCUT2D eigenvalue weighted by atomic mass is 9.96. The fourth-order valence-corrected chi connectivity index (χ4v) is 3.49. The maximum Gasteiger partial charge on any atom is 0.154 e. The molecule has 3 aromatic rings. The maximum atomic E-state index is 4.70. The summed E-state index contributed by atoms with van der Waals surface area (Å²) in [5, 5.41) is 13.1. The molecule has 0 N–H and O–H groups in total. The Labute approximate surface area is 158 Å². The number of rotatable bonds is 5. The molecular formula is C18H25N9. The molecule has 0 saturated carbocycles. The summed E-state index contributed by atoms with van der Waals surface area (Å²) in [6, 6.07) is 1.92. The van der Waals surface area contributed by atoms with Gasteiger partial charge >= 0.3 is 0 Å². The summed E-state index contributed by atoms with van der Waals surface area (Å²) in [5.41, 5.74) is 0. The molecule has 1 fully saturated rings. The molecule has 0 amide bonds. The van der Waals surface area contributed by atoms with E-state index in [-0.39, 0.29) is 0 Å². The van der Waals surface area contributed by atoms with E-state index in [2.05, 4.69) is 29.7 Å². The van der Waals surface area contributed by atoms with Gasteiger partial charge in [-0.05, 0) is 18.9 Å². The van der Waals surface area contributed by atoms with Gasteiger partial charge in [-0.15, -0.1) is 10.2 Å². The molecule has 0 spiro atoms. The van der Waals surface area contributed by atoms with Gasteiger partial charge in [0.15, 0.2) is 5.82 Å². The van der Waals surface area contributed by atoms with Crippen molar-refractivity contribution in [2.45, 2.75) is 25.3 Å². The number of hydrogen-bond donors (Lipinski definition) is 0. The molecule has 1 aliphatic rings. The lowest BCUT2D eigenvalue weighted by Crippen LogP contribution is -2.34. The van der Waals surface area contributed by atoms with Crippen LogP contribution in [-0.4, -0.2) is 61.7 Å². The smallest absolute Gasteiger partial charge is 0.154 e. The van der Waals surface area contributed by atoms with Crippen LogP contribution in [0.25, 0.3) is 0 Å². The van der Waals surface area contributed by atoms with Crippen molar-refractivity contribution >= 4 is 11.6 Å². The third-order valence-electron chi connectivity index (χ3n) is 5.11. The molecule has 0 aromatic carbocycles. The lowest BCUT2D eigenvalue weighted by molar-refractivity contribution is 0.469. The molecule has 9 heteroatoms. The molecule has 0 atom stereocenters. The average molecular weight is 367 g/mol. The first-order valence-corrected chi connectivity index (χ1v) is 9.21. The first-order chi connectivity index (χ1) is 13.1. The Bertz CT molecular complexity index is 876. The normalized spacial score (nSPS) is 15.3. The summed E-state index contributed by atoms with van der Waals surface area (Å²) in [6.45, 7) is 2.53. The average Bonchev–Trinajstić information content (AvgIpc) is 3.33. The SMILES string of the molecule is CN(C)c1cncc(N2CCC(c3nnc(Cn4cccn4)n3C)CC2)n1. The van der Waals surface area contributed by atoms with Gasteiger partial charge in [-0.1, -0.05) is 0 Å². The number of aromatic nitrogens is 7. The highest BCUT2D eigenvalue weighted by molar-refractivity contribution is 5.45. The van der Waals surface area contributed by atoms with Crippen molar-refractivity contribution in [3.63, 3.8) is 0 Å². The Morgan fingerprint density at radius 2 is 1.96 bits per heavy atom. The molecule has 3 aromatic heterocycles. The Balaban J connectivity index is 1.42. The van der Waals surface area contributed by atoms with E-state index in [0.29, 0.717) is 12.5 Å². The Kier molecular flexibility index (Phi) is 4.74. The summed E-state index contributed by atoms with van der Waals surface area (Å²) < 4.78 is 3.99. The van der Waals surface area contributed by atoms with E-state index in [1.165, 1.54) is 0 Å². The molecule has 9 nitrogen and oxygen atoms in total. The van der Waals surface area contributed by atoms with Crippen LogP contribution in [0.1, 0.15) is 30.4 Å². The molecule has 1 saturated heterocycles. The minimum Gasteiger partial charge on any atom is -0.361 e. The van der Waals surface area contributed by atoms with Crippen molar-refractivity contribution in [2.75, 3.05) is 37.0 Å². The van der Waals surface area contributed by atoms with Crippen LogP contribution >= 0.6 is 0 Å². The van der Waals surface area contributed by atoms with E-state index in [9.17, 15) is 0 Å². The van der Waals surface area contributed by atoms with E-state index in [4.69, 9.17) is 4.98 Å². The van der Waals surface area contributed by atoms with Crippen LogP contribution in [0.2, 0.25) is 0 Å². The summed E-state index contributed by atoms with van der Waals surface area (Å²) in [6.07, 6.45) is 9.41. The fraction of sp³-hybridized carbons (Fsp3) is 0.500. The Hall–Kier alpha value is -2.97. The zero-order valence-corrected chi connectivity index (χ0v) is 16.0. The first kappa shape index (κ1) is 17.4. The van der Waals surface area contributed by atoms with Gasteiger partial charge in [-0.25, -0.2) is 4.98 Å². The van der Waals surface area contributed by atoms with Crippen LogP contribution in [0.3, 0.4) is 0 Å². The molecule has 0 radical (unpaired) electrons. The fourth-order valence-electron chi connectivity index (χ4n) is 3.49. The number of anilines is 2. The predicted molar refractivity (Wildman–Crippen MR) is 103 cm³/mol. The third-order valence-corrected chi connectivity index (χ3v) is 5.11. The van der Waals surface area contributed by atoms with Crippen LogP contribution in [-0.2, 0) is 13.6 Å². The van der Waals surface area contributed by atoms with Crippen molar-refractivity contribution < 1.29 is 0 Å². The van der Waals surface area contributed by atoms with E-state index < -0.39 is 0 Å². The third kappa shape index (κ3) is 3.62. The Morgan fingerprint density at radius 1 is 1.15 bits per heavy atom. The summed E-state index contributed by atoms with van der Waals surface area (Å²) in [7, 11) is 6.01. The molecule has 1 aliphatic heterocycles. The number of hydrogen-bond acceptors (Lipinski definition) is 7. The molecule has 4 heterocycles. The second-order valence-electron chi connectivity index (χ2n) is 7.13. The van der Waals surface area contributed by atoms with Gasteiger partial charge in [0.2, 0.25) is 0 Å². The van der Waals surface area contributed by atoms with Crippen LogP contribution in [0.4, 0.5) is 11.6 Å². The van der Waals surface area contributed by atoms with E-state index in [1.54, 1.807) is 12.4 Å². The zero-order chi connectivity index (χ0) is 18.8. The highest BCUT2D eigenvalue weighted by atomic mass is 15.3. The van der Waals surface area contributed by atoms with Gasteiger partial charge in [0, 0.05) is 52.5 Å². The largest absolute Gasteiger partial charge is 0.361 e. The van der Waals surface area contributed by atoms with Gasteiger partial charge in [0.05, 0.1) is 12.4 Å². The van der Waals surface area contributed by atoms with Crippen molar-refractivity contribution in [1.29, 1.82) is 0 Å². The highest BCUT2D eigenvalue weighted by Crippen LogP contribution is 2.29. The van der Waals surface area contributed by atoms with Gasteiger partial charge in [-0.2, -0.15) is 5.10 Å². The molecule has 4 rings (SSSR count). The molecule has 142 valence electrons. The number of piperidine rings is 1. The standard InChI is InChI=1S/C18H25N9/c1-24(2)15-11-19-12-16(21-15)26-9-5-14(6-10-26)18-23-22-17(25(18)3)13-27-8-4-7-20-27/h4,7-8,11-12,14H,5-6,9-10,13H2,1-3H3. The quantitative estimate of drug-likeness (QED) is 0.672. The highest BCUT2D eigenvalue weighted by Gasteiger charge is 2.26. The van der Waals surface area contributed by atoms with Crippen molar-refractivity contribution in [1.82, 2.24) is 34.5 Å². The minimum absolute atomic E-state index is 0.412. The predicted octanol–water partition coefficient (Wildman–Crippen LogP) is 1.30. The minimum atomic E-state index is 0.412. The summed E-state index contributed by atoms with van der Waals surface area (Å²) in [5.74, 6) is 4.23. The topological polar surface area (TPSA) is 80.8 Å².